The molecule has 0 aliphatic rings. The number of hydrogen-bond donors (Lipinski definition) is 2. The largest absolute Gasteiger partial charge is 0.397 e. The number of benzene rings is 1. The number of aryl methyl sites for hydroxylation is 2. The van der Waals surface area contributed by atoms with Gasteiger partial charge in [-0.1, -0.05) is 25.1 Å². The first-order valence-electron chi connectivity index (χ1n) is 6.44. The van der Waals surface area contributed by atoms with Crippen LogP contribution in [0.5, 0.6) is 0 Å². The maximum Gasteiger partial charge on any atom is 0.272 e. The molecule has 4 nitrogen and oxygen atoms in total. The third-order valence-corrected chi connectivity index (χ3v) is 3.01. The molecule has 0 saturated carbocycles. The summed E-state index contributed by atoms with van der Waals surface area (Å²) in [6.07, 6.45) is 2.76. The first-order chi connectivity index (χ1) is 9.11. The van der Waals surface area contributed by atoms with Crippen LogP contribution < -0.4 is 11.1 Å². The minimum absolute atomic E-state index is 0.126. The Morgan fingerprint density at radius 3 is 2.79 bits per heavy atom. The number of amides is 1. The van der Waals surface area contributed by atoms with Crippen molar-refractivity contribution in [2.24, 2.45) is 0 Å². The van der Waals surface area contributed by atoms with Gasteiger partial charge in [0.15, 0.2) is 0 Å². The minimum Gasteiger partial charge on any atom is -0.397 e. The van der Waals surface area contributed by atoms with Gasteiger partial charge in [0.2, 0.25) is 0 Å². The molecule has 0 fully saturated rings. The molecule has 1 aromatic heterocycles. The lowest BCUT2D eigenvalue weighted by Gasteiger charge is -2.10. The molecule has 0 bridgehead atoms. The van der Waals surface area contributed by atoms with Gasteiger partial charge in [0.05, 0.1) is 5.69 Å². The lowest BCUT2D eigenvalue weighted by molar-refractivity contribution is 0.101. The van der Waals surface area contributed by atoms with Crippen LogP contribution >= 0.6 is 0 Å². The van der Waals surface area contributed by atoms with E-state index in [1.807, 2.05) is 35.8 Å². The van der Waals surface area contributed by atoms with Crippen molar-refractivity contribution in [2.75, 3.05) is 11.1 Å². The van der Waals surface area contributed by atoms with Crippen molar-refractivity contribution in [1.29, 1.82) is 0 Å². The molecular formula is C15H19N3O. The fourth-order valence-corrected chi connectivity index (χ4v) is 2.05. The number of hydrogen-bond acceptors (Lipinski definition) is 2. The van der Waals surface area contributed by atoms with Gasteiger partial charge in [-0.2, -0.15) is 0 Å². The van der Waals surface area contributed by atoms with Crippen molar-refractivity contribution >= 4 is 17.3 Å². The second-order valence-electron chi connectivity index (χ2n) is 4.62. The lowest BCUT2D eigenvalue weighted by atomic mass is 10.2. The van der Waals surface area contributed by atoms with Crippen molar-refractivity contribution in [3.05, 3.63) is 47.8 Å². The van der Waals surface area contributed by atoms with E-state index >= 15 is 0 Å². The number of rotatable bonds is 4. The highest BCUT2D eigenvalue weighted by atomic mass is 16.1. The average molecular weight is 257 g/mol. The van der Waals surface area contributed by atoms with Crippen LogP contribution in [0.2, 0.25) is 0 Å². The highest BCUT2D eigenvalue weighted by Crippen LogP contribution is 2.17. The molecule has 0 aliphatic heterocycles. The number of anilines is 2. The summed E-state index contributed by atoms with van der Waals surface area (Å²) in [6.45, 7) is 4.82. The molecule has 1 heterocycles. The Morgan fingerprint density at radius 2 is 2.11 bits per heavy atom. The Kier molecular flexibility index (Phi) is 3.90. The van der Waals surface area contributed by atoms with Crippen LogP contribution in [0.4, 0.5) is 11.4 Å². The predicted molar refractivity (Wildman–Crippen MR) is 78.3 cm³/mol. The molecule has 0 atom stereocenters. The molecule has 3 N–H and O–H groups in total. The van der Waals surface area contributed by atoms with Gasteiger partial charge < -0.3 is 15.6 Å². The van der Waals surface area contributed by atoms with E-state index in [1.165, 1.54) is 0 Å². The van der Waals surface area contributed by atoms with Crippen LogP contribution in [-0.4, -0.2) is 10.5 Å². The molecule has 2 aromatic rings. The molecule has 0 aliphatic carbocycles. The Balaban J connectivity index is 2.23. The smallest absolute Gasteiger partial charge is 0.272 e. The van der Waals surface area contributed by atoms with E-state index in [0.29, 0.717) is 11.4 Å². The predicted octanol–water partition coefficient (Wildman–Crippen LogP) is 3.04. The minimum atomic E-state index is -0.126. The monoisotopic (exact) mass is 257 g/mol. The molecule has 1 aromatic carbocycles. The highest BCUT2D eigenvalue weighted by Gasteiger charge is 2.13. The summed E-state index contributed by atoms with van der Waals surface area (Å²) >= 11 is 0. The third-order valence-electron chi connectivity index (χ3n) is 3.01. The fraction of sp³-hybridized carbons (Fsp3) is 0.267. The van der Waals surface area contributed by atoms with Crippen molar-refractivity contribution < 1.29 is 4.79 Å². The number of nitrogens with two attached hydrogens (primary N) is 1. The van der Waals surface area contributed by atoms with Crippen LogP contribution in [0.25, 0.3) is 0 Å². The van der Waals surface area contributed by atoms with E-state index in [9.17, 15) is 4.79 Å². The van der Waals surface area contributed by atoms with Gasteiger partial charge in [0, 0.05) is 18.4 Å². The zero-order valence-electron chi connectivity index (χ0n) is 11.3. The van der Waals surface area contributed by atoms with E-state index in [4.69, 9.17) is 5.73 Å². The lowest BCUT2D eigenvalue weighted by Crippen LogP contribution is -2.17. The van der Waals surface area contributed by atoms with Gasteiger partial charge in [-0.25, -0.2) is 0 Å². The first-order valence-corrected chi connectivity index (χ1v) is 6.44. The first kappa shape index (κ1) is 13.2. The maximum absolute atomic E-state index is 12.3. The SMILES string of the molecule is CCCn1cc(N)cc1C(=O)Nc1ccccc1C. The van der Waals surface area contributed by atoms with Crippen molar-refractivity contribution in [3.63, 3.8) is 0 Å². The van der Waals surface area contributed by atoms with Crippen molar-refractivity contribution in [1.82, 2.24) is 4.57 Å². The van der Waals surface area contributed by atoms with Crippen LogP contribution in [0.1, 0.15) is 29.4 Å². The van der Waals surface area contributed by atoms with Crippen LogP contribution in [-0.2, 0) is 6.54 Å². The van der Waals surface area contributed by atoms with E-state index in [-0.39, 0.29) is 5.91 Å². The zero-order chi connectivity index (χ0) is 13.8. The molecule has 0 unspecified atom stereocenters. The molecule has 1 amide bonds. The van der Waals surface area contributed by atoms with E-state index < -0.39 is 0 Å². The Bertz CT molecular complexity index is 587. The quantitative estimate of drug-likeness (QED) is 0.884. The van der Waals surface area contributed by atoms with Crippen LogP contribution in [0.3, 0.4) is 0 Å². The summed E-state index contributed by atoms with van der Waals surface area (Å²) in [4.78, 5) is 12.3. The van der Waals surface area contributed by atoms with Crippen molar-refractivity contribution in [3.8, 4) is 0 Å². The molecule has 0 radical (unpaired) electrons. The zero-order valence-corrected chi connectivity index (χ0v) is 11.3. The topological polar surface area (TPSA) is 60.0 Å². The molecule has 4 heteroatoms. The van der Waals surface area contributed by atoms with Crippen molar-refractivity contribution in [2.45, 2.75) is 26.8 Å². The van der Waals surface area contributed by atoms with Crippen LogP contribution in [0, 0.1) is 6.92 Å². The average Bonchev–Trinajstić information content (AvgIpc) is 2.74. The van der Waals surface area contributed by atoms with E-state index in [0.717, 1.165) is 24.2 Å². The number of nitrogens with zero attached hydrogens (tertiary/aromatic N) is 1. The standard InChI is InChI=1S/C15H19N3O/c1-3-8-18-10-12(16)9-14(18)15(19)17-13-7-5-4-6-11(13)2/h4-7,9-10H,3,8,16H2,1-2H3,(H,17,19). The summed E-state index contributed by atoms with van der Waals surface area (Å²) in [5, 5.41) is 2.92. The molecule has 0 spiro atoms. The van der Waals surface area contributed by atoms with E-state index in [2.05, 4.69) is 12.2 Å². The molecule has 19 heavy (non-hydrogen) atoms. The van der Waals surface area contributed by atoms with Crippen LogP contribution in [0.15, 0.2) is 36.5 Å². The van der Waals surface area contributed by atoms with Gasteiger partial charge in [-0.3, -0.25) is 4.79 Å². The number of para-hydroxylation sites is 1. The summed E-state index contributed by atoms with van der Waals surface area (Å²) in [6, 6.07) is 9.42. The van der Waals surface area contributed by atoms with Gasteiger partial charge in [0.25, 0.3) is 5.91 Å². The summed E-state index contributed by atoms with van der Waals surface area (Å²) < 4.78 is 1.89. The molecule has 0 saturated heterocycles. The molecular weight excluding hydrogens is 238 g/mol. The highest BCUT2D eigenvalue weighted by molar-refractivity contribution is 6.04. The summed E-state index contributed by atoms with van der Waals surface area (Å²) in [5.74, 6) is -0.126. The Labute approximate surface area is 113 Å². The summed E-state index contributed by atoms with van der Waals surface area (Å²) in [5.41, 5.74) is 8.85. The second kappa shape index (κ2) is 5.61. The van der Waals surface area contributed by atoms with Gasteiger partial charge in [0.1, 0.15) is 5.69 Å². The number of aromatic nitrogens is 1. The fourth-order valence-electron chi connectivity index (χ4n) is 2.05. The maximum atomic E-state index is 12.3. The third kappa shape index (κ3) is 2.96. The number of nitrogen functional groups attached to an aromatic ring is 1. The Hall–Kier alpha value is -2.23. The molecule has 2 rings (SSSR count). The second-order valence-corrected chi connectivity index (χ2v) is 4.62. The Morgan fingerprint density at radius 1 is 1.37 bits per heavy atom. The van der Waals surface area contributed by atoms with Gasteiger partial charge in [-0.05, 0) is 31.0 Å². The van der Waals surface area contributed by atoms with Gasteiger partial charge >= 0.3 is 0 Å². The molecule has 100 valence electrons. The van der Waals surface area contributed by atoms with Gasteiger partial charge in [-0.15, -0.1) is 0 Å². The van der Waals surface area contributed by atoms with E-state index in [1.54, 1.807) is 12.3 Å². The number of carbonyl (C=O) groups excluding carboxylic acids is 1. The number of nitrogens with one attached hydrogen (secondary N) is 1. The summed E-state index contributed by atoms with van der Waals surface area (Å²) in [7, 11) is 0. The number of carbonyl (C=O) groups is 1. The normalized spacial score (nSPS) is 10.4.